The third-order valence-corrected chi connectivity index (χ3v) is 1.24. The molecule has 0 saturated heterocycles. The molecule has 11 heavy (non-hydrogen) atoms. The van der Waals surface area contributed by atoms with Crippen molar-refractivity contribution in [1.82, 2.24) is 0 Å². The molecule has 0 aliphatic carbocycles. The lowest BCUT2D eigenvalue weighted by atomic mass is 10.2. The molecule has 0 aromatic heterocycles. The average molecular weight is 158 g/mol. The highest BCUT2D eigenvalue weighted by atomic mass is 19.1. The molecule has 1 aromatic rings. The van der Waals surface area contributed by atoms with Gasteiger partial charge in [0, 0.05) is 6.07 Å². The van der Waals surface area contributed by atoms with Crippen LogP contribution in [0.3, 0.4) is 0 Å². The minimum atomic E-state index is -0.721. The number of phenolic OH excluding ortho intramolecular Hbond substituents is 1. The van der Waals surface area contributed by atoms with Gasteiger partial charge in [-0.25, -0.2) is 4.39 Å². The van der Waals surface area contributed by atoms with Crippen LogP contribution in [0.4, 0.5) is 15.8 Å². The highest BCUT2D eigenvalue weighted by Gasteiger charge is 2.04. The van der Waals surface area contributed by atoms with Gasteiger partial charge < -0.3 is 10.8 Å². The predicted octanol–water partition coefficient (Wildman–Crippen LogP) is 0.915. The molecule has 60 valence electrons. The van der Waals surface area contributed by atoms with Crippen molar-refractivity contribution in [2.75, 3.05) is 11.2 Å². The van der Waals surface area contributed by atoms with Crippen LogP contribution in [-0.2, 0) is 0 Å². The number of anilines is 2. The van der Waals surface area contributed by atoms with Crippen LogP contribution in [0.5, 0.6) is 5.75 Å². The highest BCUT2D eigenvalue weighted by Crippen LogP contribution is 2.26. The fourth-order valence-electron chi connectivity index (χ4n) is 0.669. The molecule has 0 atom stereocenters. The first-order valence-electron chi connectivity index (χ1n) is 2.83. The largest absolute Gasteiger partial charge is 0.506 e. The predicted molar refractivity (Wildman–Crippen MR) is 37.9 cm³/mol. The molecule has 0 radical (unpaired) electrons. The first kappa shape index (κ1) is 7.62. The van der Waals surface area contributed by atoms with Crippen LogP contribution >= 0.6 is 0 Å². The number of rotatable bonds is 1. The molecule has 0 spiro atoms. The van der Waals surface area contributed by atoms with E-state index in [2.05, 4.69) is 0 Å². The van der Waals surface area contributed by atoms with Gasteiger partial charge in [-0.15, -0.1) is 0 Å². The van der Waals surface area contributed by atoms with Gasteiger partial charge in [-0.2, -0.15) is 0 Å². The van der Waals surface area contributed by atoms with Crippen LogP contribution in [0.25, 0.3) is 0 Å². The number of nitrogens with one attached hydrogen (secondary N) is 1. The van der Waals surface area contributed by atoms with Crippen LogP contribution in [-0.4, -0.2) is 10.3 Å². The zero-order chi connectivity index (χ0) is 8.43. The third kappa shape index (κ3) is 1.32. The molecule has 0 fully saturated rings. The van der Waals surface area contributed by atoms with E-state index in [0.717, 1.165) is 12.1 Å². The standard InChI is InChI=1S/C6H7FN2O2/c7-3-1-6(10)5(9-11)2-4(3)8/h1-2,9-11H,8H2. The Labute approximate surface area is 62.0 Å². The normalized spacial score (nSPS) is 9.64. The van der Waals surface area contributed by atoms with Gasteiger partial charge >= 0.3 is 0 Å². The molecule has 0 aliphatic rings. The van der Waals surface area contributed by atoms with E-state index in [0.29, 0.717) is 0 Å². The number of hydrogen-bond donors (Lipinski definition) is 4. The van der Waals surface area contributed by atoms with Gasteiger partial charge in [0.05, 0.1) is 5.69 Å². The Morgan fingerprint density at radius 1 is 1.45 bits per heavy atom. The van der Waals surface area contributed by atoms with Crippen molar-refractivity contribution < 1.29 is 14.7 Å². The molecule has 0 amide bonds. The first-order chi connectivity index (χ1) is 5.15. The quantitative estimate of drug-likeness (QED) is 0.212. The van der Waals surface area contributed by atoms with Crippen LogP contribution in [0.2, 0.25) is 0 Å². The second-order valence-corrected chi connectivity index (χ2v) is 2.00. The SMILES string of the molecule is Nc1cc(NO)c(O)cc1F. The fourth-order valence-corrected chi connectivity index (χ4v) is 0.669. The summed E-state index contributed by atoms with van der Waals surface area (Å²) in [5.41, 5.74) is 6.63. The maximum absolute atomic E-state index is 12.5. The lowest BCUT2D eigenvalue weighted by Crippen LogP contribution is -1.95. The van der Waals surface area contributed by atoms with Gasteiger partial charge in [0.2, 0.25) is 0 Å². The summed E-state index contributed by atoms with van der Waals surface area (Å²) in [7, 11) is 0. The maximum atomic E-state index is 12.5. The lowest BCUT2D eigenvalue weighted by molar-refractivity contribution is 0.380. The molecule has 5 heteroatoms. The van der Waals surface area contributed by atoms with Gasteiger partial charge in [-0.1, -0.05) is 0 Å². The second-order valence-electron chi connectivity index (χ2n) is 2.00. The summed E-state index contributed by atoms with van der Waals surface area (Å²) in [4.78, 5) is 0. The molecule has 0 heterocycles. The van der Waals surface area contributed by atoms with Crippen LogP contribution < -0.4 is 11.2 Å². The Hall–Kier alpha value is -1.49. The molecular formula is C6H7FN2O2. The van der Waals surface area contributed by atoms with Gasteiger partial charge in [-0.3, -0.25) is 10.7 Å². The summed E-state index contributed by atoms with van der Waals surface area (Å²) >= 11 is 0. The Morgan fingerprint density at radius 2 is 2.09 bits per heavy atom. The number of nitrogen functional groups attached to an aromatic ring is 1. The van der Waals surface area contributed by atoms with Crippen molar-refractivity contribution in [2.45, 2.75) is 0 Å². The van der Waals surface area contributed by atoms with E-state index in [1.54, 1.807) is 5.48 Å². The molecular weight excluding hydrogens is 151 g/mol. The Bertz CT molecular complexity index is 278. The van der Waals surface area contributed by atoms with Crippen molar-refractivity contribution in [3.05, 3.63) is 17.9 Å². The van der Waals surface area contributed by atoms with Crippen molar-refractivity contribution in [1.29, 1.82) is 0 Å². The molecule has 0 unspecified atom stereocenters. The minimum Gasteiger partial charge on any atom is -0.506 e. The number of halogens is 1. The van der Waals surface area contributed by atoms with Crippen molar-refractivity contribution in [3.8, 4) is 5.75 Å². The lowest BCUT2D eigenvalue weighted by Gasteiger charge is -2.03. The third-order valence-electron chi connectivity index (χ3n) is 1.24. The van der Waals surface area contributed by atoms with Gasteiger partial charge in [0.25, 0.3) is 0 Å². The summed E-state index contributed by atoms with van der Waals surface area (Å²) < 4.78 is 12.5. The molecule has 0 saturated carbocycles. The number of hydrogen-bond acceptors (Lipinski definition) is 4. The Balaban J connectivity index is 3.21. The van der Waals surface area contributed by atoms with Crippen molar-refractivity contribution in [2.24, 2.45) is 0 Å². The first-order valence-corrected chi connectivity index (χ1v) is 2.83. The van der Waals surface area contributed by atoms with Gasteiger partial charge in [-0.05, 0) is 6.07 Å². The molecule has 0 aliphatic heterocycles. The Morgan fingerprint density at radius 3 is 2.64 bits per heavy atom. The summed E-state index contributed by atoms with van der Waals surface area (Å²) in [5, 5.41) is 17.2. The summed E-state index contributed by atoms with van der Waals surface area (Å²) in [6.45, 7) is 0. The van der Waals surface area contributed by atoms with Crippen molar-refractivity contribution >= 4 is 11.4 Å². The fraction of sp³-hybridized carbons (Fsp3) is 0. The number of benzene rings is 1. The smallest absolute Gasteiger partial charge is 0.149 e. The highest BCUT2D eigenvalue weighted by molar-refractivity contribution is 5.62. The minimum absolute atomic E-state index is 0.0242. The molecule has 1 aromatic carbocycles. The maximum Gasteiger partial charge on any atom is 0.149 e. The molecule has 5 N–H and O–H groups in total. The molecule has 1 rings (SSSR count). The summed E-state index contributed by atoms with van der Waals surface area (Å²) in [5.74, 6) is -1.11. The zero-order valence-corrected chi connectivity index (χ0v) is 5.50. The molecule has 0 bridgehead atoms. The van der Waals surface area contributed by atoms with E-state index in [9.17, 15) is 4.39 Å². The van der Waals surface area contributed by atoms with Crippen LogP contribution in [0.15, 0.2) is 12.1 Å². The van der Waals surface area contributed by atoms with Gasteiger partial charge in [0.1, 0.15) is 17.3 Å². The summed E-state index contributed by atoms with van der Waals surface area (Å²) in [6.07, 6.45) is 0. The second kappa shape index (κ2) is 2.63. The monoisotopic (exact) mass is 158 g/mol. The zero-order valence-electron chi connectivity index (χ0n) is 5.50. The van der Waals surface area contributed by atoms with Crippen LogP contribution in [0.1, 0.15) is 0 Å². The number of aromatic hydroxyl groups is 1. The van der Waals surface area contributed by atoms with E-state index in [1.165, 1.54) is 0 Å². The topological polar surface area (TPSA) is 78.5 Å². The summed E-state index contributed by atoms with van der Waals surface area (Å²) in [6, 6.07) is 1.90. The Kier molecular flexibility index (Phi) is 1.82. The van der Waals surface area contributed by atoms with E-state index in [-0.39, 0.29) is 17.1 Å². The molecule has 4 nitrogen and oxygen atoms in total. The number of nitrogens with two attached hydrogens (primary N) is 1. The van der Waals surface area contributed by atoms with Gasteiger partial charge in [0.15, 0.2) is 0 Å². The van der Waals surface area contributed by atoms with E-state index in [4.69, 9.17) is 16.0 Å². The van der Waals surface area contributed by atoms with Crippen LogP contribution in [0, 0.1) is 5.82 Å². The number of phenols is 1. The van der Waals surface area contributed by atoms with E-state index >= 15 is 0 Å². The van der Waals surface area contributed by atoms with E-state index in [1.807, 2.05) is 0 Å². The van der Waals surface area contributed by atoms with Crippen molar-refractivity contribution in [3.63, 3.8) is 0 Å². The van der Waals surface area contributed by atoms with E-state index < -0.39 is 5.82 Å². The average Bonchev–Trinajstić information content (AvgIpc) is 1.97.